The lowest BCUT2D eigenvalue weighted by Gasteiger charge is -2.18. The molecule has 1 fully saturated rings. The molecule has 2 nitrogen and oxygen atoms in total. The fourth-order valence-electron chi connectivity index (χ4n) is 2.64. The number of aliphatic hydroxyl groups is 1. The van der Waals surface area contributed by atoms with Crippen LogP contribution in [0.15, 0.2) is 30.3 Å². The zero-order chi connectivity index (χ0) is 12.1. The number of hydrogen-bond donors (Lipinski definition) is 2. The maximum absolute atomic E-state index is 9.73. The minimum absolute atomic E-state index is 0.0745. The second-order valence-corrected chi connectivity index (χ2v) is 5.23. The third-order valence-corrected chi connectivity index (χ3v) is 3.84. The Kier molecular flexibility index (Phi) is 4.57. The van der Waals surface area contributed by atoms with Crippen molar-refractivity contribution in [2.75, 3.05) is 13.1 Å². The van der Waals surface area contributed by atoms with Crippen LogP contribution in [0.25, 0.3) is 0 Å². The number of hydrogen-bond acceptors (Lipinski definition) is 2. The van der Waals surface area contributed by atoms with Crippen LogP contribution in [0.3, 0.4) is 0 Å². The second-order valence-electron chi connectivity index (χ2n) is 5.23. The third kappa shape index (κ3) is 3.55. The Bertz CT molecular complexity index is 325. The summed E-state index contributed by atoms with van der Waals surface area (Å²) in [6.07, 6.45) is 3.27. The van der Waals surface area contributed by atoms with Gasteiger partial charge >= 0.3 is 0 Å². The van der Waals surface area contributed by atoms with Gasteiger partial charge in [-0.3, -0.25) is 0 Å². The fraction of sp³-hybridized carbons (Fsp3) is 0.600. The van der Waals surface area contributed by atoms with E-state index >= 15 is 0 Å². The third-order valence-electron chi connectivity index (χ3n) is 3.84. The maximum atomic E-state index is 9.73. The van der Waals surface area contributed by atoms with Crippen molar-refractivity contribution in [3.05, 3.63) is 35.9 Å². The topological polar surface area (TPSA) is 32.3 Å². The van der Waals surface area contributed by atoms with Crippen molar-refractivity contribution in [2.45, 2.75) is 38.2 Å². The number of benzene rings is 1. The number of nitrogens with one attached hydrogen (secondary N) is 1. The second kappa shape index (κ2) is 6.18. The Balaban J connectivity index is 1.71. The van der Waals surface area contributed by atoms with Crippen LogP contribution in [-0.2, 0) is 0 Å². The molecule has 3 unspecified atom stereocenters. The summed E-state index contributed by atoms with van der Waals surface area (Å²) in [5.41, 5.74) is 1.38. The molecule has 0 saturated heterocycles. The molecule has 1 aliphatic rings. The van der Waals surface area contributed by atoms with E-state index in [1.54, 1.807) is 0 Å². The van der Waals surface area contributed by atoms with Gasteiger partial charge in [0, 0.05) is 13.1 Å². The Morgan fingerprint density at radius 2 is 2.06 bits per heavy atom. The molecule has 1 aliphatic carbocycles. The predicted octanol–water partition coefficient (Wildman–Crippen LogP) is 2.54. The summed E-state index contributed by atoms with van der Waals surface area (Å²) in [5.74, 6) is 1.01. The SMILES string of the molecule is CC(CNCC1CCCC1O)c1ccccc1. The predicted molar refractivity (Wildman–Crippen MR) is 71.1 cm³/mol. The Hall–Kier alpha value is -0.860. The molecule has 2 rings (SSSR count). The van der Waals surface area contributed by atoms with Crippen molar-refractivity contribution in [1.82, 2.24) is 5.32 Å². The van der Waals surface area contributed by atoms with Crippen molar-refractivity contribution in [1.29, 1.82) is 0 Å². The van der Waals surface area contributed by atoms with Crippen LogP contribution in [0.2, 0.25) is 0 Å². The lowest BCUT2D eigenvalue weighted by atomic mass is 10.0. The minimum Gasteiger partial charge on any atom is -0.393 e. The first-order valence-corrected chi connectivity index (χ1v) is 6.71. The van der Waals surface area contributed by atoms with Gasteiger partial charge in [-0.1, -0.05) is 43.7 Å². The van der Waals surface area contributed by atoms with Crippen LogP contribution in [0.4, 0.5) is 0 Å². The van der Waals surface area contributed by atoms with E-state index in [0.717, 1.165) is 19.5 Å². The summed E-state index contributed by atoms with van der Waals surface area (Å²) in [7, 11) is 0. The summed E-state index contributed by atoms with van der Waals surface area (Å²) < 4.78 is 0. The van der Waals surface area contributed by atoms with Crippen molar-refractivity contribution >= 4 is 0 Å². The Morgan fingerprint density at radius 1 is 1.29 bits per heavy atom. The monoisotopic (exact) mass is 233 g/mol. The first-order valence-electron chi connectivity index (χ1n) is 6.71. The molecule has 1 aromatic rings. The van der Waals surface area contributed by atoms with E-state index in [1.807, 2.05) is 0 Å². The zero-order valence-electron chi connectivity index (χ0n) is 10.6. The van der Waals surface area contributed by atoms with Gasteiger partial charge in [0.15, 0.2) is 0 Å². The lowest BCUT2D eigenvalue weighted by Crippen LogP contribution is -2.30. The van der Waals surface area contributed by atoms with Gasteiger partial charge in [-0.05, 0) is 30.2 Å². The molecule has 3 atom stereocenters. The van der Waals surface area contributed by atoms with Crippen LogP contribution in [0, 0.1) is 5.92 Å². The molecule has 1 saturated carbocycles. The molecular formula is C15H23NO. The van der Waals surface area contributed by atoms with Gasteiger partial charge in [0.05, 0.1) is 6.10 Å². The molecule has 2 heteroatoms. The molecule has 0 amide bonds. The van der Waals surface area contributed by atoms with Gasteiger partial charge in [0.25, 0.3) is 0 Å². The van der Waals surface area contributed by atoms with Crippen molar-refractivity contribution in [2.24, 2.45) is 5.92 Å². The average molecular weight is 233 g/mol. The van der Waals surface area contributed by atoms with E-state index in [0.29, 0.717) is 11.8 Å². The molecule has 0 aromatic heterocycles. The van der Waals surface area contributed by atoms with Crippen LogP contribution < -0.4 is 5.32 Å². The fourth-order valence-corrected chi connectivity index (χ4v) is 2.64. The van der Waals surface area contributed by atoms with E-state index in [4.69, 9.17) is 0 Å². The van der Waals surface area contributed by atoms with E-state index in [2.05, 4.69) is 42.6 Å². The highest BCUT2D eigenvalue weighted by Crippen LogP contribution is 2.24. The molecule has 0 aliphatic heterocycles. The Morgan fingerprint density at radius 3 is 2.71 bits per heavy atom. The van der Waals surface area contributed by atoms with Gasteiger partial charge in [-0.15, -0.1) is 0 Å². The van der Waals surface area contributed by atoms with Crippen LogP contribution in [0.5, 0.6) is 0 Å². The van der Waals surface area contributed by atoms with Crippen molar-refractivity contribution < 1.29 is 5.11 Å². The smallest absolute Gasteiger partial charge is 0.0580 e. The molecule has 17 heavy (non-hydrogen) atoms. The molecule has 2 N–H and O–H groups in total. The quantitative estimate of drug-likeness (QED) is 0.819. The number of rotatable bonds is 5. The molecule has 0 heterocycles. The summed E-state index contributed by atoms with van der Waals surface area (Å²) >= 11 is 0. The van der Waals surface area contributed by atoms with Gasteiger partial charge < -0.3 is 10.4 Å². The van der Waals surface area contributed by atoms with Crippen LogP contribution >= 0.6 is 0 Å². The Labute approximate surface area is 104 Å². The molecule has 1 aromatic carbocycles. The van der Waals surface area contributed by atoms with Crippen LogP contribution in [-0.4, -0.2) is 24.3 Å². The first-order chi connectivity index (χ1) is 8.27. The lowest BCUT2D eigenvalue weighted by molar-refractivity contribution is 0.131. The highest BCUT2D eigenvalue weighted by Gasteiger charge is 2.24. The average Bonchev–Trinajstić information content (AvgIpc) is 2.76. The standard InChI is InChI=1S/C15H23NO/c1-12(13-6-3-2-4-7-13)10-16-11-14-8-5-9-15(14)17/h2-4,6-7,12,14-17H,5,8-11H2,1H3. The molecule has 0 spiro atoms. The zero-order valence-corrected chi connectivity index (χ0v) is 10.6. The van der Waals surface area contributed by atoms with Crippen molar-refractivity contribution in [3.63, 3.8) is 0 Å². The van der Waals surface area contributed by atoms with Gasteiger partial charge in [-0.2, -0.15) is 0 Å². The summed E-state index contributed by atoms with van der Waals surface area (Å²) in [4.78, 5) is 0. The van der Waals surface area contributed by atoms with E-state index in [-0.39, 0.29) is 6.10 Å². The highest BCUT2D eigenvalue weighted by molar-refractivity contribution is 5.18. The summed E-state index contributed by atoms with van der Waals surface area (Å²) in [5, 5.41) is 13.2. The maximum Gasteiger partial charge on any atom is 0.0580 e. The molecule has 94 valence electrons. The summed E-state index contributed by atoms with van der Waals surface area (Å²) in [6.45, 7) is 4.19. The van der Waals surface area contributed by atoms with E-state index in [9.17, 15) is 5.11 Å². The highest BCUT2D eigenvalue weighted by atomic mass is 16.3. The van der Waals surface area contributed by atoms with Gasteiger partial charge in [-0.25, -0.2) is 0 Å². The largest absolute Gasteiger partial charge is 0.393 e. The number of aliphatic hydroxyl groups excluding tert-OH is 1. The molecule has 0 bridgehead atoms. The van der Waals surface area contributed by atoms with Gasteiger partial charge in [0.2, 0.25) is 0 Å². The van der Waals surface area contributed by atoms with Crippen LogP contribution in [0.1, 0.15) is 37.7 Å². The van der Waals surface area contributed by atoms with E-state index < -0.39 is 0 Å². The normalized spacial score (nSPS) is 26.0. The summed E-state index contributed by atoms with van der Waals surface area (Å²) in [6, 6.07) is 10.6. The van der Waals surface area contributed by atoms with Gasteiger partial charge in [0.1, 0.15) is 0 Å². The van der Waals surface area contributed by atoms with E-state index in [1.165, 1.54) is 18.4 Å². The molecular weight excluding hydrogens is 210 g/mol. The van der Waals surface area contributed by atoms with Crippen molar-refractivity contribution in [3.8, 4) is 0 Å². The molecule has 0 radical (unpaired) electrons. The minimum atomic E-state index is -0.0745. The first kappa shape index (κ1) is 12.6.